The van der Waals surface area contributed by atoms with E-state index >= 15 is 0 Å². The molecule has 0 spiro atoms. The standard InChI is InChI=1S/C14H21O2/c1-5-6-7-16-14-9-12(11(2)3)8-13(10-14)15-4/h8-10H,5-7H2,1-4H3. The number of ether oxygens (including phenoxy) is 2. The smallest absolute Gasteiger partial charge is 0.123 e. The molecule has 0 saturated carbocycles. The number of benzene rings is 1. The molecule has 1 radical (unpaired) electrons. The highest BCUT2D eigenvalue weighted by molar-refractivity contribution is 5.43. The maximum absolute atomic E-state index is 5.69. The minimum Gasteiger partial charge on any atom is -0.497 e. The van der Waals surface area contributed by atoms with Gasteiger partial charge in [0.25, 0.3) is 0 Å². The van der Waals surface area contributed by atoms with E-state index in [0.29, 0.717) is 0 Å². The fourth-order valence-corrected chi connectivity index (χ4v) is 1.40. The predicted octanol–water partition coefficient (Wildman–Crippen LogP) is 3.84. The Bertz CT molecular complexity index is 319. The largest absolute Gasteiger partial charge is 0.497 e. The van der Waals surface area contributed by atoms with Crippen LogP contribution in [-0.2, 0) is 0 Å². The summed E-state index contributed by atoms with van der Waals surface area (Å²) in [6, 6.07) is 6.03. The molecule has 0 saturated heterocycles. The van der Waals surface area contributed by atoms with Gasteiger partial charge in [0, 0.05) is 6.07 Å². The van der Waals surface area contributed by atoms with E-state index < -0.39 is 0 Å². The van der Waals surface area contributed by atoms with E-state index in [1.54, 1.807) is 7.11 Å². The molecule has 1 aromatic rings. The first-order chi connectivity index (χ1) is 7.67. The topological polar surface area (TPSA) is 18.5 Å². The number of methoxy groups -OCH3 is 1. The Morgan fingerprint density at radius 3 is 2.38 bits per heavy atom. The van der Waals surface area contributed by atoms with Gasteiger partial charge in [-0.05, 0) is 30.0 Å². The van der Waals surface area contributed by atoms with E-state index in [2.05, 4.69) is 26.8 Å². The van der Waals surface area contributed by atoms with Crippen LogP contribution in [0.3, 0.4) is 0 Å². The molecule has 0 fully saturated rings. The van der Waals surface area contributed by atoms with Gasteiger partial charge >= 0.3 is 0 Å². The number of hydrogen-bond acceptors (Lipinski definition) is 2. The number of unbranched alkanes of at least 4 members (excludes halogenated alkanes) is 1. The van der Waals surface area contributed by atoms with Crippen LogP contribution in [0.1, 0.15) is 39.2 Å². The lowest BCUT2D eigenvalue weighted by Gasteiger charge is -2.12. The highest BCUT2D eigenvalue weighted by atomic mass is 16.5. The van der Waals surface area contributed by atoms with Crippen LogP contribution in [-0.4, -0.2) is 13.7 Å². The highest BCUT2D eigenvalue weighted by Crippen LogP contribution is 2.26. The lowest BCUT2D eigenvalue weighted by molar-refractivity contribution is 0.306. The van der Waals surface area contributed by atoms with E-state index in [1.807, 2.05) is 12.1 Å². The monoisotopic (exact) mass is 221 g/mol. The summed E-state index contributed by atoms with van der Waals surface area (Å²) in [5, 5.41) is 0. The van der Waals surface area contributed by atoms with E-state index in [0.717, 1.165) is 30.9 Å². The van der Waals surface area contributed by atoms with Crippen molar-refractivity contribution in [1.29, 1.82) is 0 Å². The Kier molecular flexibility index (Phi) is 5.17. The molecule has 16 heavy (non-hydrogen) atoms. The molecule has 0 amide bonds. The average molecular weight is 221 g/mol. The minimum atomic E-state index is 0.770. The zero-order valence-corrected chi connectivity index (χ0v) is 10.7. The third kappa shape index (κ3) is 3.76. The van der Waals surface area contributed by atoms with Crippen molar-refractivity contribution in [3.8, 4) is 11.5 Å². The first-order valence-corrected chi connectivity index (χ1v) is 5.79. The third-order valence-corrected chi connectivity index (χ3v) is 2.46. The fourth-order valence-electron chi connectivity index (χ4n) is 1.40. The van der Waals surface area contributed by atoms with E-state index in [4.69, 9.17) is 9.47 Å². The molecule has 2 heteroatoms. The van der Waals surface area contributed by atoms with Crippen molar-refractivity contribution in [2.24, 2.45) is 0 Å². The third-order valence-electron chi connectivity index (χ3n) is 2.46. The molecule has 0 unspecified atom stereocenters. The van der Waals surface area contributed by atoms with Crippen LogP contribution in [0.5, 0.6) is 11.5 Å². The maximum atomic E-state index is 5.69. The molecule has 1 aromatic carbocycles. The maximum Gasteiger partial charge on any atom is 0.123 e. The van der Waals surface area contributed by atoms with Crippen molar-refractivity contribution < 1.29 is 9.47 Å². The van der Waals surface area contributed by atoms with Gasteiger partial charge in [-0.1, -0.05) is 27.2 Å². The van der Waals surface area contributed by atoms with Crippen molar-refractivity contribution in [2.45, 2.75) is 33.6 Å². The molecule has 0 aliphatic heterocycles. The van der Waals surface area contributed by atoms with E-state index in [1.165, 1.54) is 11.5 Å². The van der Waals surface area contributed by atoms with Crippen LogP contribution in [0.15, 0.2) is 18.2 Å². The van der Waals surface area contributed by atoms with E-state index in [9.17, 15) is 0 Å². The second-order valence-corrected chi connectivity index (χ2v) is 4.10. The quantitative estimate of drug-likeness (QED) is 0.679. The first-order valence-electron chi connectivity index (χ1n) is 5.79. The Labute approximate surface area is 98.6 Å². The Morgan fingerprint density at radius 1 is 1.12 bits per heavy atom. The minimum absolute atomic E-state index is 0.770. The summed E-state index contributed by atoms with van der Waals surface area (Å²) in [4.78, 5) is 0. The van der Waals surface area contributed by atoms with Crippen molar-refractivity contribution >= 4 is 0 Å². The molecule has 0 aliphatic rings. The lowest BCUT2D eigenvalue weighted by Crippen LogP contribution is -1.99. The normalized spacial score (nSPS) is 10.6. The molecule has 2 nitrogen and oxygen atoms in total. The van der Waals surface area contributed by atoms with Crippen LogP contribution in [0.2, 0.25) is 0 Å². The summed E-state index contributed by atoms with van der Waals surface area (Å²) in [6.45, 7) is 7.10. The molecule has 0 N–H and O–H groups in total. The van der Waals surface area contributed by atoms with Crippen LogP contribution in [0, 0.1) is 5.92 Å². The molecule has 0 atom stereocenters. The summed E-state index contributed by atoms with van der Waals surface area (Å²) >= 11 is 0. The summed E-state index contributed by atoms with van der Waals surface area (Å²) in [7, 11) is 1.68. The van der Waals surface area contributed by atoms with Gasteiger partial charge in [-0.3, -0.25) is 0 Å². The molecule has 1 rings (SSSR count). The predicted molar refractivity (Wildman–Crippen MR) is 67.1 cm³/mol. The van der Waals surface area contributed by atoms with Gasteiger partial charge in [0.1, 0.15) is 11.5 Å². The van der Waals surface area contributed by atoms with Crippen LogP contribution in [0.4, 0.5) is 0 Å². The van der Waals surface area contributed by atoms with Gasteiger partial charge < -0.3 is 9.47 Å². The SMILES string of the molecule is CCCCOc1cc(OC)cc([C](C)C)c1. The van der Waals surface area contributed by atoms with Gasteiger partial charge in [-0.25, -0.2) is 0 Å². The van der Waals surface area contributed by atoms with Gasteiger partial charge in [-0.2, -0.15) is 0 Å². The number of hydrogen-bond donors (Lipinski definition) is 0. The van der Waals surface area contributed by atoms with Gasteiger partial charge in [0.05, 0.1) is 13.7 Å². The average Bonchev–Trinajstić information content (AvgIpc) is 2.29. The van der Waals surface area contributed by atoms with Crippen LogP contribution >= 0.6 is 0 Å². The summed E-state index contributed by atoms with van der Waals surface area (Å²) in [5.74, 6) is 3.01. The fraction of sp³-hybridized carbons (Fsp3) is 0.500. The Morgan fingerprint density at radius 2 is 1.81 bits per heavy atom. The molecule has 89 valence electrons. The Hall–Kier alpha value is -1.18. The summed E-state index contributed by atoms with van der Waals surface area (Å²) < 4.78 is 10.9. The van der Waals surface area contributed by atoms with Crippen LogP contribution < -0.4 is 9.47 Å². The second kappa shape index (κ2) is 6.41. The van der Waals surface area contributed by atoms with Crippen molar-refractivity contribution in [3.63, 3.8) is 0 Å². The molecule has 0 heterocycles. The number of rotatable bonds is 6. The second-order valence-electron chi connectivity index (χ2n) is 4.10. The van der Waals surface area contributed by atoms with Gasteiger partial charge in [-0.15, -0.1) is 0 Å². The molecule has 0 aliphatic carbocycles. The zero-order valence-electron chi connectivity index (χ0n) is 10.7. The summed E-state index contributed by atoms with van der Waals surface area (Å²) in [6.07, 6.45) is 2.23. The van der Waals surface area contributed by atoms with Gasteiger partial charge in [0.2, 0.25) is 0 Å². The van der Waals surface area contributed by atoms with Gasteiger partial charge in [0.15, 0.2) is 0 Å². The lowest BCUT2D eigenvalue weighted by atomic mass is 10.0. The van der Waals surface area contributed by atoms with Crippen LogP contribution in [0.25, 0.3) is 0 Å². The molecular weight excluding hydrogens is 200 g/mol. The molecule has 0 aromatic heterocycles. The summed E-state index contributed by atoms with van der Waals surface area (Å²) in [5.41, 5.74) is 1.17. The molecule has 0 bridgehead atoms. The van der Waals surface area contributed by atoms with Crippen molar-refractivity contribution in [3.05, 3.63) is 29.7 Å². The first kappa shape index (κ1) is 12.9. The van der Waals surface area contributed by atoms with E-state index in [-0.39, 0.29) is 0 Å². The Balaban J connectivity index is 2.78. The molecular formula is C14H21O2. The highest BCUT2D eigenvalue weighted by Gasteiger charge is 2.05. The van der Waals surface area contributed by atoms with Crippen molar-refractivity contribution in [2.75, 3.05) is 13.7 Å². The zero-order chi connectivity index (χ0) is 12.0. The van der Waals surface area contributed by atoms with Crippen molar-refractivity contribution in [1.82, 2.24) is 0 Å².